The van der Waals surface area contributed by atoms with Crippen LogP contribution in [-0.2, 0) is 6.42 Å². The lowest BCUT2D eigenvalue weighted by Gasteiger charge is -2.13. The van der Waals surface area contributed by atoms with Crippen molar-refractivity contribution < 1.29 is 18.7 Å². The Morgan fingerprint density at radius 3 is 2.62 bits per heavy atom. The van der Waals surface area contributed by atoms with Crippen molar-refractivity contribution in [2.24, 2.45) is 0 Å². The zero-order valence-electron chi connectivity index (χ0n) is 13.1. The SMILES string of the molecule is O=C(NCCCc1cccc(F)c1)NCC(O)c1ccccc1F. The largest absolute Gasteiger partial charge is 0.386 e. The molecule has 0 spiro atoms. The van der Waals surface area contributed by atoms with Gasteiger partial charge in [0.05, 0.1) is 6.10 Å². The lowest BCUT2D eigenvalue weighted by molar-refractivity contribution is 0.169. The Labute approximate surface area is 139 Å². The molecule has 24 heavy (non-hydrogen) atoms. The first-order valence-corrected chi connectivity index (χ1v) is 7.75. The summed E-state index contributed by atoms with van der Waals surface area (Å²) in [5.74, 6) is -0.789. The second kappa shape index (κ2) is 8.98. The number of urea groups is 1. The number of aliphatic hydroxyl groups is 1. The topological polar surface area (TPSA) is 61.4 Å². The van der Waals surface area contributed by atoms with E-state index in [0.717, 1.165) is 5.56 Å². The molecule has 2 aromatic carbocycles. The zero-order valence-corrected chi connectivity index (χ0v) is 13.1. The van der Waals surface area contributed by atoms with Crippen molar-refractivity contribution >= 4 is 6.03 Å². The van der Waals surface area contributed by atoms with Crippen LogP contribution in [0, 0.1) is 11.6 Å². The quantitative estimate of drug-likeness (QED) is 0.682. The fourth-order valence-electron chi connectivity index (χ4n) is 2.29. The van der Waals surface area contributed by atoms with Crippen LogP contribution in [0.5, 0.6) is 0 Å². The third-order valence-corrected chi connectivity index (χ3v) is 3.54. The number of benzene rings is 2. The molecule has 128 valence electrons. The lowest BCUT2D eigenvalue weighted by Crippen LogP contribution is -2.38. The molecule has 2 aromatic rings. The van der Waals surface area contributed by atoms with Crippen molar-refractivity contribution in [3.05, 3.63) is 71.3 Å². The molecule has 0 aliphatic heterocycles. The third-order valence-electron chi connectivity index (χ3n) is 3.54. The molecular formula is C18H20F2N2O2. The first-order valence-electron chi connectivity index (χ1n) is 7.75. The molecule has 0 aliphatic rings. The fraction of sp³-hybridized carbons (Fsp3) is 0.278. The van der Waals surface area contributed by atoms with E-state index in [2.05, 4.69) is 10.6 Å². The van der Waals surface area contributed by atoms with E-state index in [1.54, 1.807) is 12.1 Å². The number of aryl methyl sites for hydroxylation is 1. The van der Waals surface area contributed by atoms with Crippen LogP contribution in [0.25, 0.3) is 0 Å². The molecule has 0 bridgehead atoms. The van der Waals surface area contributed by atoms with Gasteiger partial charge in [-0.15, -0.1) is 0 Å². The fourth-order valence-corrected chi connectivity index (χ4v) is 2.29. The smallest absolute Gasteiger partial charge is 0.314 e. The van der Waals surface area contributed by atoms with E-state index >= 15 is 0 Å². The van der Waals surface area contributed by atoms with E-state index in [1.807, 2.05) is 6.07 Å². The van der Waals surface area contributed by atoms with Gasteiger partial charge in [0.1, 0.15) is 11.6 Å². The highest BCUT2D eigenvalue weighted by Gasteiger charge is 2.12. The Kier molecular flexibility index (Phi) is 6.69. The number of amides is 2. The van der Waals surface area contributed by atoms with Gasteiger partial charge in [0.15, 0.2) is 0 Å². The molecule has 1 atom stereocenters. The van der Waals surface area contributed by atoms with Crippen LogP contribution in [0.3, 0.4) is 0 Å². The maximum absolute atomic E-state index is 13.5. The molecule has 2 rings (SSSR count). The molecule has 0 aliphatic carbocycles. The summed E-state index contributed by atoms with van der Waals surface area (Å²) in [6.45, 7) is 0.328. The van der Waals surface area contributed by atoms with Crippen molar-refractivity contribution in [1.82, 2.24) is 10.6 Å². The van der Waals surface area contributed by atoms with Crippen molar-refractivity contribution in [3.63, 3.8) is 0 Å². The van der Waals surface area contributed by atoms with Crippen molar-refractivity contribution in [2.75, 3.05) is 13.1 Å². The van der Waals surface area contributed by atoms with E-state index in [4.69, 9.17) is 0 Å². The minimum atomic E-state index is -1.11. The van der Waals surface area contributed by atoms with Crippen LogP contribution in [0.4, 0.5) is 13.6 Å². The van der Waals surface area contributed by atoms with Crippen molar-refractivity contribution in [1.29, 1.82) is 0 Å². The van der Waals surface area contributed by atoms with Crippen LogP contribution in [0.15, 0.2) is 48.5 Å². The van der Waals surface area contributed by atoms with Gasteiger partial charge < -0.3 is 15.7 Å². The average molecular weight is 334 g/mol. The molecule has 0 saturated carbocycles. The van der Waals surface area contributed by atoms with Gasteiger partial charge in [0.25, 0.3) is 0 Å². The highest BCUT2D eigenvalue weighted by atomic mass is 19.1. The number of nitrogens with one attached hydrogen (secondary N) is 2. The molecule has 2 amide bonds. The molecule has 6 heteroatoms. The van der Waals surface area contributed by atoms with Gasteiger partial charge in [-0.05, 0) is 36.6 Å². The first kappa shape index (κ1) is 17.9. The molecule has 0 aromatic heterocycles. The summed E-state index contributed by atoms with van der Waals surface area (Å²) in [5.41, 5.74) is 1.01. The van der Waals surface area contributed by atoms with Crippen LogP contribution < -0.4 is 10.6 Å². The number of hydrogen-bond acceptors (Lipinski definition) is 2. The van der Waals surface area contributed by atoms with Crippen molar-refractivity contribution in [3.8, 4) is 0 Å². The average Bonchev–Trinajstić information content (AvgIpc) is 2.57. The number of halogens is 2. The van der Waals surface area contributed by atoms with Gasteiger partial charge in [0, 0.05) is 18.7 Å². The van der Waals surface area contributed by atoms with E-state index < -0.39 is 18.0 Å². The van der Waals surface area contributed by atoms with E-state index in [-0.39, 0.29) is 17.9 Å². The number of hydrogen-bond donors (Lipinski definition) is 3. The molecule has 0 fully saturated rings. The molecule has 0 saturated heterocycles. The maximum Gasteiger partial charge on any atom is 0.314 e. The monoisotopic (exact) mass is 334 g/mol. The maximum atomic E-state index is 13.5. The molecular weight excluding hydrogens is 314 g/mol. The van der Waals surface area contributed by atoms with Crippen LogP contribution in [-0.4, -0.2) is 24.2 Å². The Morgan fingerprint density at radius 1 is 1.08 bits per heavy atom. The predicted molar refractivity (Wildman–Crippen MR) is 87.5 cm³/mol. The number of aliphatic hydroxyl groups excluding tert-OH is 1. The Balaban J connectivity index is 1.65. The summed E-state index contributed by atoms with van der Waals surface area (Å²) < 4.78 is 26.5. The van der Waals surface area contributed by atoms with Crippen molar-refractivity contribution in [2.45, 2.75) is 18.9 Å². The Bertz CT molecular complexity index is 680. The molecule has 3 N–H and O–H groups in total. The summed E-state index contributed by atoms with van der Waals surface area (Å²) in [4.78, 5) is 11.6. The number of carbonyl (C=O) groups is 1. The zero-order chi connectivity index (χ0) is 17.4. The molecule has 1 unspecified atom stereocenters. The second-order valence-electron chi connectivity index (χ2n) is 5.41. The second-order valence-corrected chi connectivity index (χ2v) is 5.41. The summed E-state index contributed by atoms with van der Waals surface area (Å²) >= 11 is 0. The van der Waals surface area contributed by atoms with Crippen LogP contribution in [0.2, 0.25) is 0 Å². The molecule has 4 nitrogen and oxygen atoms in total. The highest BCUT2D eigenvalue weighted by molar-refractivity contribution is 5.73. The van der Waals surface area contributed by atoms with Gasteiger partial charge >= 0.3 is 6.03 Å². The predicted octanol–water partition coefficient (Wildman–Crippen LogP) is 2.93. The third kappa shape index (κ3) is 5.62. The van der Waals surface area contributed by atoms with Gasteiger partial charge in [-0.2, -0.15) is 0 Å². The highest BCUT2D eigenvalue weighted by Crippen LogP contribution is 2.15. The van der Waals surface area contributed by atoms with E-state index in [1.165, 1.54) is 30.3 Å². The summed E-state index contributed by atoms with van der Waals surface area (Å²) in [6.07, 6.45) is 0.201. The molecule has 0 radical (unpaired) electrons. The first-order chi connectivity index (χ1) is 11.6. The van der Waals surface area contributed by atoms with E-state index in [9.17, 15) is 18.7 Å². The number of rotatable bonds is 7. The van der Waals surface area contributed by atoms with E-state index in [0.29, 0.717) is 19.4 Å². The Hall–Kier alpha value is -2.47. The summed E-state index contributed by atoms with van der Waals surface area (Å²) in [7, 11) is 0. The van der Waals surface area contributed by atoms with Crippen LogP contribution >= 0.6 is 0 Å². The lowest BCUT2D eigenvalue weighted by atomic mass is 10.1. The summed E-state index contributed by atoms with van der Waals surface area (Å²) in [6, 6.07) is 11.8. The number of carbonyl (C=O) groups excluding carboxylic acids is 1. The Morgan fingerprint density at radius 2 is 1.88 bits per heavy atom. The summed E-state index contributed by atoms with van der Waals surface area (Å²) in [5, 5.41) is 15.0. The van der Waals surface area contributed by atoms with Gasteiger partial charge in [-0.1, -0.05) is 30.3 Å². The standard InChI is InChI=1S/C18H20F2N2O2/c19-14-7-3-5-13(11-14)6-4-10-21-18(24)22-12-17(23)15-8-1-2-9-16(15)20/h1-3,5,7-9,11,17,23H,4,6,10,12H2,(H2,21,22,24). The van der Waals surface area contributed by atoms with Gasteiger partial charge in [-0.25, -0.2) is 13.6 Å². The van der Waals surface area contributed by atoms with Crippen LogP contribution in [0.1, 0.15) is 23.7 Å². The van der Waals surface area contributed by atoms with Gasteiger partial charge in [0.2, 0.25) is 0 Å². The normalized spacial score (nSPS) is 11.8. The van der Waals surface area contributed by atoms with Gasteiger partial charge in [-0.3, -0.25) is 0 Å². The molecule has 0 heterocycles. The minimum Gasteiger partial charge on any atom is -0.386 e. The minimum absolute atomic E-state index is 0.0866.